The van der Waals surface area contributed by atoms with Crippen molar-refractivity contribution in [3.63, 3.8) is 0 Å². The molecule has 1 aromatic heterocycles. The first-order chi connectivity index (χ1) is 13.5. The van der Waals surface area contributed by atoms with Crippen LogP contribution in [-0.2, 0) is 11.8 Å². The van der Waals surface area contributed by atoms with Gasteiger partial charge in [-0.15, -0.1) is 12.4 Å². The predicted molar refractivity (Wildman–Crippen MR) is 116 cm³/mol. The van der Waals surface area contributed by atoms with E-state index < -0.39 is 0 Å². The van der Waals surface area contributed by atoms with Crippen LogP contribution in [0.1, 0.15) is 50.4 Å². The molecule has 162 valence electrons. The molecule has 2 heterocycles. The molecule has 0 aromatic carbocycles. The normalized spacial score (nSPS) is 36.1. The number of carbonyl (C=O) groups excluding carboxylic acids is 1. The molecule has 6 nitrogen and oxygen atoms in total. The maximum Gasteiger partial charge on any atom is 0.236 e. The van der Waals surface area contributed by atoms with Gasteiger partial charge in [0.15, 0.2) is 0 Å². The van der Waals surface area contributed by atoms with Gasteiger partial charge in [-0.05, 0) is 61.7 Å². The van der Waals surface area contributed by atoms with Gasteiger partial charge >= 0.3 is 0 Å². The first-order valence-electron chi connectivity index (χ1n) is 11.2. The Bertz CT molecular complexity index is 699. The third-order valence-corrected chi connectivity index (χ3v) is 8.01. The van der Waals surface area contributed by atoms with Gasteiger partial charge in [0.05, 0.1) is 12.6 Å². The highest BCUT2D eigenvalue weighted by Crippen LogP contribution is 2.60. The molecule has 1 unspecified atom stereocenters. The smallest absolute Gasteiger partial charge is 0.236 e. The van der Waals surface area contributed by atoms with E-state index in [-0.39, 0.29) is 24.4 Å². The summed E-state index contributed by atoms with van der Waals surface area (Å²) in [7, 11) is 4.08. The number of halogens is 1. The number of hydrogen-bond acceptors (Lipinski definition) is 4. The summed E-state index contributed by atoms with van der Waals surface area (Å²) < 4.78 is 2.08. The molecule has 4 bridgehead atoms. The third-order valence-electron chi connectivity index (χ3n) is 8.01. The lowest BCUT2D eigenvalue weighted by Crippen LogP contribution is -2.54. The van der Waals surface area contributed by atoms with Gasteiger partial charge in [0, 0.05) is 52.7 Å². The van der Waals surface area contributed by atoms with Crippen molar-refractivity contribution in [3.8, 4) is 0 Å². The van der Waals surface area contributed by atoms with E-state index >= 15 is 0 Å². The number of aromatic nitrogens is 2. The number of nitrogens with one attached hydrogen (secondary N) is 1. The summed E-state index contributed by atoms with van der Waals surface area (Å²) in [6.07, 6.45) is 12.3. The number of nitrogens with zero attached hydrogens (tertiary/aromatic N) is 4. The molecule has 5 aliphatic rings. The highest BCUT2D eigenvalue weighted by molar-refractivity contribution is 5.85. The van der Waals surface area contributed by atoms with E-state index in [4.69, 9.17) is 0 Å². The molecule has 1 saturated heterocycles. The molecule has 29 heavy (non-hydrogen) atoms. The highest BCUT2D eigenvalue weighted by atomic mass is 35.5. The summed E-state index contributed by atoms with van der Waals surface area (Å²) in [4.78, 5) is 22.1. The maximum atomic E-state index is 13.2. The average Bonchev–Trinajstić information content (AvgIpc) is 3.06. The maximum absolute atomic E-state index is 13.2. The summed E-state index contributed by atoms with van der Waals surface area (Å²) in [6, 6.07) is 0.172. The lowest BCUT2D eigenvalue weighted by Gasteiger charge is -2.57. The van der Waals surface area contributed by atoms with Crippen molar-refractivity contribution in [2.24, 2.45) is 30.2 Å². The molecule has 0 spiro atoms. The van der Waals surface area contributed by atoms with Crippen molar-refractivity contribution in [3.05, 3.63) is 18.2 Å². The van der Waals surface area contributed by atoms with Crippen LogP contribution in [-0.4, -0.2) is 65.0 Å². The molecule has 7 heteroatoms. The van der Waals surface area contributed by atoms with Crippen LogP contribution in [0.5, 0.6) is 0 Å². The van der Waals surface area contributed by atoms with Crippen LogP contribution in [0.2, 0.25) is 0 Å². The summed E-state index contributed by atoms with van der Waals surface area (Å²) in [5.74, 6) is 4.14. The van der Waals surface area contributed by atoms with E-state index in [0.717, 1.165) is 49.8 Å². The predicted octanol–water partition coefficient (Wildman–Crippen LogP) is 2.46. The van der Waals surface area contributed by atoms with E-state index in [2.05, 4.69) is 24.7 Å². The van der Waals surface area contributed by atoms with Gasteiger partial charge in [-0.1, -0.05) is 0 Å². The van der Waals surface area contributed by atoms with Crippen LogP contribution in [0.25, 0.3) is 0 Å². The number of piperazine rings is 1. The van der Waals surface area contributed by atoms with Crippen molar-refractivity contribution < 1.29 is 4.79 Å². The Hall–Kier alpha value is -1.11. The van der Waals surface area contributed by atoms with Crippen LogP contribution in [0, 0.1) is 23.2 Å². The van der Waals surface area contributed by atoms with Gasteiger partial charge < -0.3 is 14.8 Å². The van der Waals surface area contributed by atoms with Crippen molar-refractivity contribution in [1.82, 2.24) is 24.7 Å². The fourth-order valence-electron chi connectivity index (χ4n) is 7.26. The number of likely N-dealkylation sites (N-methyl/N-ethyl adjacent to an activating group) is 1. The number of aryl methyl sites for hydroxylation is 1. The zero-order valence-electron chi connectivity index (χ0n) is 17.8. The van der Waals surface area contributed by atoms with Gasteiger partial charge in [-0.2, -0.15) is 0 Å². The topological polar surface area (TPSA) is 53.4 Å². The molecule has 6 rings (SSSR count). The molecule has 1 aliphatic heterocycles. The minimum absolute atomic E-state index is 0. The first kappa shape index (κ1) is 21.1. The van der Waals surface area contributed by atoms with Crippen molar-refractivity contribution in [1.29, 1.82) is 0 Å². The zero-order valence-corrected chi connectivity index (χ0v) is 18.7. The Balaban J connectivity index is 0.00000205. The largest absolute Gasteiger partial charge is 0.344 e. The minimum atomic E-state index is 0. The van der Waals surface area contributed by atoms with E-state index in [1.807, 2.05) is 26.5 Å². The van der Waals surface area contributed by atoms with E-state index in [0.29, 0.717) is 12.0 Å². The van der Waals surface area contributed by atoms with Gasteiger partial charge in [-0.3, -0.25) is 9.69 Å². The number of amides is 1. The second-order valence-corrected chi connectivity index (χ2v) is 10.3. The summed E-state index contributed by atoms with van der Waals surface area (Å²) in [5.41, 5.74) is 0.418. The Morgan fingerprint density at radius 2 is 1.90 bits per heavy atom. The minimum Gasteiger partial charge on any atom is -0.344 e. The Morgan fingerprint density at radius 3 is 2.48 bits per heavy atom. The van der Waals surface area contributed by atoms with Gasteiger partial charge in [0.2, 0.25) is 5.91 Å². The van der Waals surface area contributed by atoms with E-state index in [1.165, 1.54) is 38.5 Å². The Labute approximate surface area is 180 Å². The number of imidazole rings is 1. The van der Waals surface area contributed by atoms with E-state index in [9.17, 15) is 4.79 Å². The Morgan fingerprint density at radius 1 is 1.24 bits per heavy atom. The molecular weight excluding hydrogens is 386 g/mol. The lowest BCUT2D eigenvalue weighted by molar-refractivity contribution is -0.137. The fourth-order valence-corrected chi connectivity index (χ4v) is 7.26. The van der Waals surface area contributed by atoms with Crippen LogP contribution >= 0.6 is 12.4 Å². The second kappa shape index (κ2) is 8.20. The van der Waals surface area contributed by atoms with Gasteiger partial charge in [0.25, 0.3) is 0 Å². The number of hydrogen-bond donors (Lipinski definition) is 1. The molecule has 0 radical (unpaired) electrons. The Kier molecular flexibility index (Phi) is 5.97. The number of rotatable bonds is 5. The van der Waals surface area contributed by atoms with Crippen LogP contribution in [0.4, 0.5) is 0 Å². The van der Waals surface area contributed by atoms with Crippen molar-refractivity contribution in [2.45, 2.75) is 44.6 Å². The molecule has 1 atom stereocenters. The summed E-state index contributed by atoms with van der Waals surface area (Å²) >= 11 is 0. The van der Waals surface area contributed by atoms with Crippen molar-refractivity contribution >= 4 is 18.3 Å². The van der Waals surface area contributed by atoms with Gasteiger partial charge in [-0.25, -0.2) is 4.98 Å². The SMILES string of the molecule is CN(CC12CC3CC(CC(C3)C1)C2)C(=O)CN1CCNCC1c1nccn1C.Cl. The van der Waals surface area contributed by atoms with Crippen LogP contribution in [0.3, 0.4) is 0 Å². The molecule has 1 amide bonds. The average molecular weight is 422 g/mol. The van der Waals surface area contributed by atoms with Gasteiger partial charge in [0.1, 0.15) is 5.82 Å². The molecule has 4 aliphatic carbocycles. The highest BCUT2D eigenvalue weighted by Gasteiger charge is 2.51. The first-order valence-corrected chi connectivity index (χ1v) is 11.2. The molecular formula is C22H36ClN5O. The van der Waals surface area contributed by atoms with Crippen molar-refractivity contribution in [2.75, 3.05) is 39.8 Å². The third kappa shape index (κ3) is 4.08. The summed E-state index contributed by atoms with van der Waals surface area (Å²) in [5, 5.41) is 3.47. The lowest BCUT2D eigenvalue weighted by atomic mass is 9.49. The van der Waals surface area contributed by atoms with E-state index in [1.54, 1.807) is 0 Å². The monoisotopic (exact) mass is 421 g/mol. The molecule has 1 aromatic rings. The second-order valence-electron chi connectivity index (χ2n) is 10.3. The summed E-state index contributed by atoms with van der Waals surface area (Å²) in [6.45, 7) is 4.16. The standard InChI is InChI=1S/C22H35N5O.ClH/c1-25-5-4-24-21(25)19-13-23-3-6-27(19)14-20(28)26(2)15-22-10-16-7-17(11-22)9-18(8-16)12-22;/h4-5,16-19,23H,3,6-15H2,1-2H3;1H. The molecule has 1 N–H and O–H groups in total. The molecule has 4 saturated carbocycles. The quantitative estimate of drug-likeness (QED) is 0.793. The van der Waals surface area contributed by atoms with Crippen LogP contribution in [0.15, 0.2) is 12.4 Å². The molecule has 5 fully saturated rings. The fraction of sp³-hybridized carbons (Fsp3) is 0.818. The van der Waals surface area contributed by atoms with Crippen LogP contribution < -0.4 is 5.32 Å². The zero-order chi connectivity index (χ0) is 19.3. The number of carbonyl (C=O) groups is 1.